The van der Waals surface area contributed by atoms with Gasteiger partial charge in [0.25, 0.3) is 0 Å². The number of hydrogen-bond donors (Lipinski definition) is 0. The van der Waals surface area contributed by atoms with Gasteiger partial charge >= 0.3 is 0 Å². The highest BCUT2D eigenvalue weighted by molar-refractivity contribution is 5.43. The number of hydrogen-bond acceptors (Lipinski definition) is 0. The van der Waals surface area contributed by atoms with E-state index in [1.165, 1.54) is 41.5 Å². The molecular weight excluding hydrogens is 324 g/mol. The average Bonchev–Trinajstić information content (AvgIpc) is 2.60. The van der Waals surface area contributed by atoms with Gasteiger partial charge in [-0.15, -0.1) is 0 Å². The van der Waals surface area contributed by atoms with E-state index in [4.69, 9.17) is 0 Å². The molecule has 0 amide bonds. The first-order valence-corrected chi connectivity index (χ1v) is 10.8. The predicted molar refractivity (Wildman–Crippen MR) is 119 cm³/mol. The van der Waals surface area contributed by atoms with Crippen molar-refractivity contribution >= 4 is 0 Å². The van der Waals surface area contributed by atoms with Crippen LogP contribution in [0.15, 0.2) is 48.5 Å². The lowest BCUT2D eigenvalue weighted by molar-refractivity contribution is 0.127. The molecule has 1 saturated carbocycles. The summed E-state index contributed by atoms with van der Waals surface area (Å²) in [6.07, 6.45) is 3.80. The molecule has 0 radical (unpaired) electrons. The quantitative estimate of drug-likeness (QED) is 0.516. The molecule has 0 N–H and O–H groups in total. The highest BCUT2D eigenvalue weighted by Crippen LogP contribution is 2.53. The summed E-state index contributed by atoms with van der Waals surface area (Å²) < 4.78 is 0. The van der Waals surface area contributed by atoms with E-state index >= 15 is 0 Å². The van der Waals surface area contributed by atoms with E-state index in [1.54, 1.807) is 0 Å². The molecule has 1 atom stereocenters. The fourth-order valence-corrected chi connectivity index (χ4v) is 5.55. The molecule has 1 unspecified atom stereocenters. The third kappa shape index (κ3) is 4.15. The van der Waals surface area contributed by atoms with Crippen LogP contribution in [-0.2, 0) is 5.41 Å². The first kappa shape index (κ1) is 20.2. The smallest absolute Gasteiger partial charge is 0.0210 e. The van der Waals surface area contributed by atoms with Crippen molar-refractivity contribution in [2.75, 3.05) is 0 Å². The molecule has 0 heteroatoms. The Morgan fingerprint density at radius 1 is 0.704 bits per heavy atom. The monoisotopic (exact) mass is 362 g/mol. The zero-order valence-corrected chi connectivity index (χ0v) is 18.5. The highest BCUT2D eigenvalue weighted by atomic mass is 14.5. The summed E-state index contributed by atoms with van der Waals surface area (Å²) in [5, 5.41) is 0. The summed E-state index contributed by atoms with van der Waals surface area (Å²) in [5.41, 5.74) is 6.38. The molecule has 0 aliphatic heterocycles. The summed E-state index contributed by atoms with van der Waals surface area (Å²) in [4.78, 5) is 0. The summed E-state index contributed by atoms with van der Waals surface area (Å²) >= 11 is 0. The van der Waals surface area contributed by atoms with Crippen LogP contribution >= 0.6 is 0 Å². The van der Waals surface area contributed by atoms with E-state index < -0.39 is 0 Å². The Balaban J connectivity index is 2.11. The molecule has 1 fully saturated rings. The van der Waals surface area contributed by atoms with Gasteiger partial charge in [0.2, 0.25) is 0 Å². The maximum absolute atomic E-state index is 2.46. The maximum Gasteiger partial charge on any atom is 0.0210 e. The second-order valence-electron chi connectivity index (χ2n) is 10.5. The van der Waals surface area contributed by atoms with Gasteiger partial charge in [0.05, 0.1) is 0 Å². The molecule has 0 bridgehead atoms. The van der Waals surface area contributed by atoms with Gasteiger partial charge in [-0.05, 0) is 64.7 Å². The van der Waals surface area contributed by atoms with Crippen molar-refractivity contribution in [3.8, 4) is 0 Å². The fraction of sp³-hybridized carbons (Fsp3) is 0.556. The predicted octanol–water partition coefficient (Wildman–Crippen LogP) is 8.07. The van der Waals surface area contributed by atoms with Crippen LogP contribution in [0.25, 0.3) is 0 Å². The summed E-state index contributed by atoms with van der Waals surface area (Å²) in [6.45, 7) is 16.5. The Labute approximate surface area is 167 Å². The zero-order valence-electron chi connectivity index (χ0n) is 18.5. The van der Waals surface area contributed by atoms with E-state index in [9.17, 15) is 0 Å². The maximum atomic E-state index is 2.46. The third-order valence-electron chi connectivity index (χ3n) is 6.64. The summed E-state index contributed by atoms with van der Waals surface area (Å²) in [6, 6.07) is 19.1. The summed E-state index contributed by atoms with van der Waals surface area (Å²) in [5.74, 6) is 1.91. The van der Waals surface area contributed by atoms with E-state index in [-0.39, 0.29) is 5.41 Å². The lowest BCUT2D eigenvalue weighted by Gasteiger charge is -2.49. The van der Waals surface area contributed by atoms with Crippen LogP contribution in [0.4, 0.5) is 0 Å². The Kier molecular flexibility index (Phi) is 5.57. The molecule has 2 aromatic carbocycles. The molecule has 0 nitrogen and oxygen atoms in total. The van der Waals surface area contributed by atoms with Gasteiger partial charge in [-0.1, -0.05) is 97.0 Å². The molecule has 0 aromatic heterocycles. The lowest BCUT2D eigenvalue weighted by Crippen LogP contribution is -2.41. The number of rotatable bonds is 4. The van der Waals surface area contributed by atoms with Crippen molar-refractivity contribution in [2.24, 2.45) is 11.3 Å². The minimum Gasteiger partial charge on any atom is -0.0624 e. The fourth-order valence-electron chi connectivity index (χ4n) is 5.55. The van der Waals surface area contributed by atoms with Crippen molar-refractivity contribution in [3.05, 3.63) is 70.8 Å². The van der Waals surface area contributed by atoms with Crippen molar-refractivity contribution in [1.29, 1.82) is 0 Å². The van der Waals surface area contributed by atoms with Crippen molar-refractivity contribution in [2.45, 2.75) is 85.0 Å². The second-order valence-corrected chi connectivity index (χ2v) is 10.5. The Hall–Kier alpha value is -1.56. The van der Waals surface area contributed by atoms with Crippen LogP contribution in [0, 0.1) is 11.3 Å². The topological polar surface area (TPSA) is 0 Å². The zero-order chi connectivity index (χ0) is 19.8. The normalized spacial score (nSPS) is 21.6. The highest BCUT2D eigenvalue weighted by Gasteiger charge is 2.45. The van der Waals surface area contributed by atoms with E-state index in [0.717, 1.165) is 5.92 Å². The van der Waals surface area contributed by atoms with E-state index in [0.29, 0.717) is 17.3 Å². The van der Waals surface area contributed by atoms with Gasteiger partial charge in [0.15, 0.2) is 0 Å². The molecular formula is C27H38. The Morgan fingerprint density at radius 3 is 1.44 bits per heavy atom. The van der Waals surface area contributed by atoms with Crippen LogP contribution in [0.2, 0.25) is 0 Å². The minimum atomic E-state index is 0.131. The molecule has 1 aliphatic rings. The van der Waals surface area contributed by atoms with Crippen molar-refractivity contribution < 1.29 is 0 Å². The third-order valence-corrected chi connectivity index (χ3v) is 6.64. The Bertz CT molecular complexity index is 692. The number of benzene rings is 2. The first-order chi connectivity index (χ1) is 12.6. The van der Waals surface area contributed by atoms with Crippen molar-refractivity contribution in [1.82, 2.24) is 0 Å². The molecule has 2 aromatic rings. The lowest BCUT2D eigenvalue weighted by atomic mass is 9.55. The van der Waals surface area contributed by atoms with Gasteiger partial charge in [-0.25, -0.2) is 0 Å². The van der Waals surface area contributed by atoms with Gasteiger partial charge in [-0.3, -0.25) is 0 Å². The molecule has 3 rings (SSSR count). The molecule has 1 aliphatic carbocycles. The van der Waals surface area contributed by atoms with Gasteiger partial charge < -0.3 is 0 Å². The van der Waals surface area contributed by atoms with E-state index in [2.05, 4.69) is 97.0 Å². The Morgan fingerprint density at radius 2 is 1.11 bits per heavy atom. The van der Waals surface area contributed by atoms with E-state index in [1.807, 2.05) is 0 Å². The van der Waals surface area contributed by atoms with Crippen LogP contribution in [0.5, 0.6) is 0 Å². The van der Waals surface area contributed by atoms with Gasteiger partial charge in [0.1, 0.15) is 0 Å². The molecule has 27 heavy (non-hydrogen) atoms. The average molecular weight is 363 g/mol. The van der Waals surface area contributed by atoms with Crippen molar-refractivity contribution in [3.63, 3.8) is 0 Å². The molecule has 0 spiro atoms. The van der Waals surface area contributed by atoms with Crippen LogP contribution < -0.4 is 0 Å². The van der Waals surface area contributed by atoms with Crippen LogP contribution in [-0.4, -0.2) is 0 Å². The summed E-state index contributed by atoms with van der Waals surface area (Å²) in [7, 11) is 0. The largest absolute Gasteiger partial charge is 0.0624 e. The van der Waals surface area contributed by atoms with Gasteiger partial charge in [-0.2, -0.15) is 0 Å². The minimum absolute atomic E-state index is 0.131. The van der Waals surface area contributed by atoms with Crippen LogP contribution in [0.3, 0.4) is 0 Å². The molecule has 0 heterocycles. The second kappa shape index (κ2) is 7.46. The standard InChI is InChI=1S/C27H38/c1-19(2)22-8-12-24(13-9-22)27(17-21(5)16-26(6,7)18-27)25-14-10-23(11-15-25)20(3)4/h8-15,19-21H,16-18H2,1-7H3. The van der Waals surface area contributed by atoms with Gasteiger partial charge in [0, 0.05) is 5.41 Å². The SMILES string of the molecule is CC1CC(C)(C)CC(c2ccc(C(C)C)cc2)(c2ccc(C(C)C)cc2)C1. The first-order valence-electron chi connectivity index (χ1n) is 10.8. The molecule has 0 saturated heterocycles. The van der Waals surface area contributed by atoms with Crippen LogP contribution in [0.1, 0.15) is 102 Å². The molecule has 146 valence electrons.